The normalized spacial score (nSPS) is 14.4. The van der Waals surface area contributed by atoms with Gasteiger partial charge in [-0.2, -0.15) is 0 Å². The standard InChI is InChI=1S/C20H20Cl2NO3PS/c1-3-28-19-8-7-17(22)12-15(19)13-18(27(2,25)26)20(24)23-10-9-14-5-4-6-16(21)11-14/h3-12,18H,1,13H2,2H3,(H,23,24)(H,25,26)/b10-9+. The first-order chi connectivity index (χ1) is 13.2. The lowest BCUT2D eigenvalue weighted by molar-refractivity contribution is -0.119. The van der Waals surface area contributed by atoms with Gasteiger partial charge in [-0.1, -0.05) is 53.7 Å². The second-order valence-corrected chi connectivity index (χ2v) is 10.5. The molecule has 0 aromatic heterocycles. The summed E-state index contributed by atoms with van der Waals surface area (Å²) in [4.78, 5) is 23.6. The highest BCUT2D eigenvalue weighted by Gasteiger charge is 2.33. The number of amides is 1. The molecular weight excluding hydrogens is 436 g/mol. The highest BCUT2D eigenvalue weighted by Crippen LogP contribution is 2.44. The lowest BCUT2D eigenvalue weighted by Gasteiger charge is -2.20. The SMILES string of the molecule is C=CSc1ccc(Cl)cc1CC(C(=O)N/C=C/c1cccc(Cl)c1)P(C)(=O)O. The number of halogens is 2. The van der Waals surface area contributed by atoms with Crippen LogP contribution in [0.3, 0.4) is 0 Å². The van der Waals surface area contributed by atoms with Gasteiger partial charge in [0.2, 0.25) is 13.3 Å². The molecule has 0 spiro atoms. The Morgan fingerprint density at radius 2 is 2.00 bits per heavy atom. The van der Waals surface area contributed by atoms with Crippen molar-refractivity contribution in [3.05, 3.63) is 81.8 Å². The van der Waals surface area contributed by atoms with E-state index in [4.69, 9.17) is 23.2 Å². The molecule has 0 heterocycles. The van der Waals surface area contributed by atoms with Gasteiger partial charge >= 0.3 is 0 Å². The minimum atomic E-state index is -3.72. The highest BCUT2D eigenvalue weighted by molar-refractivity contribution is 8.02. The maximum atomic E-state index is 12.6. The summed E-state index contributed by atoms with van der Waals surface area (Å²) in [6, 6.07) is 12.3. The predicted octanol–water partition coefficient (Wildman–Crippen LogP) is 5.83. The molecule has 0 saturated carbocycles. The molecule has 0 aliphatic carbocycles. The molecule has 0 aliphatic heterocycles. The van der Waals surface area contributed by atoms with E-state index in [2.05, 4.69) is 11.9 Å². The third-order valence-corrected chi connectivity index (χ3v) is 6.74. The van der Waals surface area contributed by atoms with Crippen molar-refractivity contribution >= 4 is 54.3 Å². The topological polar surface area (TPSA) is 66.4 Å². The van der Waals surface area contributed by atoms with Crippen molar-refractivity contribution in [2.75, 3.05) is 6.66 Å². The van der Waals surface area contributed by atoms with E-state index in [1.54, 1.807) is 47.9 Å². The van der Waals surface area contributed by atoms with Crippen LogP contribution >= 0.6 is 42.3 Å². The Morgan fingerprint density at radius 1 is 1.29 bits per heavy atom. The van der Waals surface area contributed by atoms with Crippen LogP contribution in [-0.4, -0.2) is 23.1 Å². The average Bonchev–Trinajstić information content (AvgIpc) is 2.61. The van der Waals surface area contributed by atoms with E-state index in [-0.39, 0.29) is 6.42 Å². The molecule has 1 amide bonds. The Kier molecular flexibility index (Phi) is 8.41. The van der Waals surface area contributed by atoms with Gasteiger partial charge in [0.25, 0.3) is 0 Å². The van der Waals surface area contributed by atoms with Gasteiger partial charge in [-0.3, -0.25) is 9.36 Å². The zero-order chi connectivity index (χ0) is 20.7. The van der Waals surface area contributed by atoms with Crippen LogP contribution in [0, 0.1) is 0 Å². The first-order valence-corrected chi connectivity index (χ1v) is 12.1. The second kappa shape index (κ2) is 10.3. The van der Waals surface area contributed by atoms with Crippen molar-refractivity contribution < 1.29 is 14.3 Å². The largest absolute Gasteiger partial charge is 0.344 e. The van der Waals surface area contributed by atoms with Crippen LogP contribution in [0.2, 0.25) is 10.0 Å². The van der Waals surface area contributed by atoms with Gasteiger partial charge in [-0.15, -0.1) is 0 Å². The van der Waals surface area contributed by atoms with Crippen LogP contribution in [-0.2, 0) is 15.8 Å². The molecule has 0 radical (unpaired) electrons. The van der Waals surface area contributed by atoms with Crippen molar-refractivity contribution in [1.29, 1.82) is 0 Å². The van der Waals surface area contributed by atoms with Crippen LogP contribution in [0.25, 0.3) is 6.08 Å². The Balaban J connectivity index is 2.20. The molecule has 8 heteroatoms. The Labute approximate surface area is 179 Å². The third-order valence-electron chi connectivity index (χ3n) is 3.88. The summed E-state index contributed by atoms with van der Waals surface area (Å²) in [7, 11) is -3.72. The molecule has 2 atom stereocenters. The number of carbonyl (C=O) groups excluding carboxylic acids is 1. The molecule has 0 fully saturated rings. The van der Waals surface area contributed by atoms with Gasteiger partial charge in [-0.25, -0.2) is 0 Å². The number of rotatable bonds is 8. The first-order valence-electron chi connectivity index (χ1n) is 8.29. The third kappa shape index (κ3) is 6.84. The number of thioether (sulfide) groups is 1. The number of nitrogens with one attached hydrogen (secondary N) is 1. The van der Waals surface area contributed by atoms with E-state index in [0.29, 0.717) is 15.6 Å². The summed E-state index contributed by atoms with van der Waals surface area (Å²) in [5, 5.41) is 5.31. The molecule has 2 aromatic carbocycles. The minimum absolute atomic E-state index is 0.0812. The summed E-state index contributed by atoms with van der Waals surface area (Å²) in [6.07, 6.45) is 3.18. The lowest BCUT2D eigenvalue weighted by Crippen LogP contribution is -2.33. The van der Waals surface area contributed by atoms with Crippen molar-refractivity contribution in [2.24, 2.45) is 0 Å². The van der Waals surface area contributed by atoms with E-state index in [1.807, 2.05) is 6.07 Å². The van der Waals surface area contributed by atoms with Crippen LogP contribution < -0.4 is 5.32 Å². The highest BCUT2D eigenvalue weighted by atomic mass is 35.5. The van der Waals surface area contributed by atoms with Gasteiger partial charge in [-0.05, 0) is 59.4 Å². The molecule has 2 rings (SSSR count). The van der Waals surface area contributed by atoms with Gasteiger partial charge in [0.1, 0.15) is 5.66 Å². The Morgan fingerprint density at radius 3 is 2.64 bits per heavy atom. The van der Waals surface area contributed by atoms with Gasteiger partial charge < -0.3 is 10.2 Å². The molecule has 2 N–H and O–H groups in total. The summed E-state index contributed by atoms with van der Waals surface area (Å²) in [5.41, 5.74) is 0.402. The second-order valence-electron chi connectivity index (χ2n) is 6.10. The fourth-order valence-corrected chi connectivity index (χ4v) is 4.59. The van der Waals surface area contributed by atoms with Crippen LogP contribution in [0.5, 0.6) is 0 Å². The molecule has 2 unspecified atom stereocenters. The van der Waals surface area contributed by atoms with E-state index < -0.39 is 18.9 Å². The lowest BCUT2D eigenvalue weighted by atomic mass is 10.1. The first kappa shape index (κ1) is 22.8. The average molecular weight is 456 g/mol. The maximum absolute atomic E-state index is 12.6. The number of hydrogen-bond donors (Lipinski definition) is 2. The van der Waals surface area contributed by atoms with Gasteiger partial charge in [0, 0.05) is 27.8 Å². The summed E-state index contributed by atoms with van der Waals surface area (Å²) in [5.74, 6) is -0.541. The van der Waals surface area contributed by atoms with E-state index in [0.717, 1.165) is 10.5 Å². The molecule has 0 bridgehead atoms. The van der Waals surface area contributed by atoms with Crippen molar-refractivity contribution in [1.82, 2.24) is 5.32 Å². The zero-order valence-corrected chi connectivity index (χ0v) is 18.4. The zero-order valence-electron chi connectivity index (χ0n) is 15.1. The number of benzene rings is 2. The van der Waals surface area contributed by atoms with E-state index >= 15 is 0 Å². The number of carbonyl (C=O) groups is 1. The summed E-state index contributed by atoms with van der Waals surface area (Å²) >= 11 is 13.4. The maximum Gasteiger partial charge on any atom is 0.237 e. The fraction of sp³-hybridized carbons (Fsp3) is 0.150. The Bertz CT molecular complexity index is 943. The molecule has 28 heavy (non-hydrogen) atoms. The van der Waals surface area contributed by atoms with Crippen molar-refractivity contribution in [3.63, 3.8) is 0 Å². The van der Waals surface area contributed by atoms with Gasteiger partial charge in [0.15, 0.2) is 0 Å². The number of hydrogen-bond acceptors (Lipinski definition) is 3. The van der Waals surface area contributed by atoms with Crippen LogP contribution in [0.1, 0.15) is 11.1 Å². The monoisotopic (exact) mass is 455 g/mol. The van der Waals surface area contributed by atoms with Crippen LogP contribution in [0.15, 0.2) is 65.5 Å². The predicted molar refractivity (Wildman–Crippen MR) is 119 cm³/mol. The van der Waals surface area contributed by atoms with Crippen molar-refractivity contribution in [3.8, 4) is 0 Å². The molecule has 0 aliphatic rings. The molecule has 0 saturated heterocycles. The fourth-order valence-electron chi connectivity index (χ4n) is 2.53. The van der Waals surface area contributed by atoms with Crippen LogP contribution in [0.4, 0.5) is 0 Å². The van der Waals surface area contributed by atoms with Gasteiger partial charge in [0.05, 0.1) is 0 Å². The molecule has 148 valence electrons. The molecular formula is C20H20Cl2NO3PS. The molecule has 4 nitrogen and oxygen atoms in total. The molecule has 2 aromatic rings. The van der Waals surface area contributed by atoms with Crippen molar-refractivity contribution in [2.45, 2.75) is 17.0 Å². The Hall–Kier alpha value is -1.49. The van der Waals surface area contributed by atoms with E-state index in [1.165, 1.54) is 24.6 Å². The minimum Gasteiger partial charge on any atom is -0.344 e. The quantitative estimate of drug-likeness (QED) is 0.388. The summed E-state index contributed by atoms with van der Waals surface area (Å²) < 4.78 is 12.4. The summed E-state index contributed by atoms with van der Waals surface area (Å²) in [6.45, 7) is 4.87. The van der Waals surface area contributed by atoms with E-state index in [9.17, 15) is 14.3 Å². The smallest absolute Gasteiger partial charge is 0.237 e.